The van der Waals surface area contributed by atoms with Crippen LogP contribution in [0.1, 0.15) is 43.7 Å². The van der Waals surface area contributed by atoms with Gasteiger partial charge in [-0.2, -0.15) is 0 Å². The summed E-state index contributed by atoms with van der Waals surface area (Å²) in [4.78, 5) is 44.8. The van der Waals surface area contributed by atoms with Crippen LogP contribution >= 0.6 is 11.6 Å². The van der Waals surface area contributed by atoms with Gasteiger partial charge in [0.15, 0.2) is 0 Å². The summed E-state index contributed by atoms with van der Waals surface area (Å²) in [5.74, 6) is -0.354. The first-order valence-electron chi connectivity index (χ1n) is 13.2. The molecule has 2 saturated heterocycles. The molecule has 1 spiro atoms. The largest absolute Gasteiger partial charge is 0.495 e. The van der Waals surface area contributed by atoms with Crippen molar-refractivity contribution in [2.45, 2.75) is 50.7 Å². The van der Waals surface area contributed by atoms with Crippen LogP contribution in [0.25, 0.3) is 6.08 Å². The van der Waals surface area contributed by atoms with Crippen LogP contribution in [0.15, 0.2) is 42.5 Å². The van der Waals surface area contributed by atoms with Gasteiger partial charge in [-0.1, -0.05) is 36.6 Å². The number of methoxy groups -OCH3 is 1. The Labute approximate surface area is 232 Å². The topological polar surface area (TPSA) is 82.2 Å². The van der Waals surface area contributed by atoms with Crippen molar-refractivity contribution >= 4 is 41.2 Å². The summed E-state index contributed by atoms with van der Waals surface area (Å²) in [5, 5.41) is 3.15. The second-order valence-corrected chi connectivity index (χ2v) is 10.9. The van der Waals surface area contributed by atoms with E-state index in [0.717, 1.165) is 23.3 Å². The maximum Gasteiger partial charge on any atom is 0.329 e. The van der Waals surface area contributed by atoms with Crippen LogP contribution < -0.4 is 15.0 Å². The Morgan fingerprint density at radius 2 is 1.90 bits per heavy atom. The molecule has 3 fully saturated rings. The second kappa shape index (κ2) is 11.0. The number of halogens is 2. The van der Waals surface area contributed by atoms with Crippen molar-refractivity contribution in [3.63, 3.8) is 0 Å². The molecular formula is C29H32ClFN4O4. The van der Waals surface area contributed by atoms with Crippen molar-refractivity contribution in [3.8, 4) is 5.75 Å². The Morgan fingerprint density at radius 3 is 2.56 bits per heavy atom. The minimum atomic E-state index is -0.872. The van der Waals surface area contributed by atoms with Crippen LogP contribution in [0, 0.1) is 5.82 Å². The van der Waals surface area contributed by atoms with E-state index in [1.807, 2.05) is 6.92 Å². The highest BCUT2D eigenvalue weighted by Gasteiger charge is 2.53. The molecule has 3 aliphatic rings. The molecule has 0 unspecified atom stereocenters. The fraction of sp³-hybridized carbons (Fsp3) is 0.414. The minimum absolute atomic E-state index is 0.0382. The quantitative estimate of drug-likeness (QED) is 0.417. The van der Waals surface area contributed by atoms with Crippen LogP contribution in [-0.4, -0.2) is 66.0 Å². The first-order valence-corrected chi connectivity index (χ1v) is 13.6. The summed E-state index contributed by atoms with van der Waals surface area (Å²) >= 11 is 6.39. The van der Waals surface area contributed by atoms with Gasteiger partial charge in [-0.15, -0.1) is 0 Å². The number of piperazine rings is 1. The van der Waals surface area contributed by atoms with Crippen molar-refractivity contribution in [1.82, 2.24) is 15.1 Å². The summed E-state index contributed by atoms with van der Waals surface area (Å²) < 4.78 is 18.6. The number of urea groups is 1. The van der Waals surface area contributed by atoms with E-state index in [-0.39, 0.29) is 28.7 Å². The molecule has 0 radical (unpaired) electrons. The predicted molar refractivity (Wildman–Crippen MR) is 147 cm³/mol. The molecule has 2 aromatic carbocycles. The molecule has 39 heavy (non-hydrogen) atoms. The van der Waals surface area contributed by atoms with Crippen molar-refractivity contribution < 1.29 is 23.5 Å². The number of nitrogens with one attached hydrogen (secondary N) is 1. The molecule has 8 nitrogen and oxygen atoms in total. The Balaban J connectivity index is 1.33. The van der Waals surface area contributed by atoms with E-state index >= 15 is 0 Å². The normalized spacial score (nSPS) is 21.3. The van der Waals surface area contributed by atoms with Crippen molar-refractivity contribution in [2.24, 2.45) is 0 Å². The van der Waals surface area contributed by atoms with Crippen molar-refractivity contribution in [2.75, 3.05) is 31.6 Å². The smallest absolute Gasteiger partial charge is 0.329 e. The summed E-state index contributed by atoms with van der Waals surface area (Å²) in [7, 11) is 1.48. The van der Waals surface area contributed by atoms with Gasteiger partial charge in [-0.05, 0) is 55.7 Å². The van der Waals surface area contributed by atoms with E-state index in [0.29, 0.717) is 56.0 Å². The first kappa shape index (κ1) is 27.1. The molecule has 10 heteroatoms. The number of amides is 4. The Hall–Kier alpha value is -3.43. The minimum Gasteiger partial charge on any atom is -0.495 e. The maximum absolute atomic E-state index is 13.4. The molecule has 1 aliphatic carbocycles. The average molecular weight is 555 g/mol. The third-order valence-corrected chi connectivity index (χ3v) is 8.18. The Kier molecular flexibility index (Phi) is 7.64. The molecule has 2 aromatic rings. The lowest BCUT2D eigenvalue weighted by atomic mass is 9.97. The van der Waals surface area contributed by atoms with Gasteiger partial charge in [-0.3, -0.25) is 14.5 Å². The van der Waals surface area contributed by atoms with Gasteiger partial charge in [0.1, 0.15) is 17.1 Å². The van der Waals surface area contributed by atoms with E-state index in [4.69, 9.17) is 16.3 Å². The SMILES string of the molecule is COc1cc(C=CC(=O)N2CCN(Cc3ccc(F)cc3)C[C@H]2C)c(N2C(=O)NC3(CCCC3)C2=O)cc1Cl. The second-order valence-electron chi connectivity index (χ2n) is 10.5. The average Bonchev–Trinajstić information content (AvgIpc) is 3.48. The molecule has 1 N–H and O–H groups in total. The van der Waals surface area contributed by atoms with E-state index in [1.54, 1.807) is 29.2 Å². The van der Waals surface area contributed by atoms with Crippen LogP contribution in [0.4, 0.5) is 14.9 Å². The van der Waals surface area contributed by atoms with Gasteiger partial charge < -0.3 is 15.0 Å². The summed E-state index contributed by atoms with van der Waals surface area (Å²) in [6.45, 7) is 4.59. The van der Waals surface area contributed by atoms with Gasteiger partial charge in [0.25, 0.3) is 5.91 Å². The van der Waals surface area contributed by atoms with Crippen molar-refractivity contribution in [1.29, 1.82) is 0 Å². The van der Waals surface area contributed by atoms with Gasteiger partial charge in [0.05, 0.1) is 17.8 Å². The number of hydrogen-bond donors (Lipinski definition) is 1. The Bertz CT molecular complexity index is 1310. The number of hydrogen-bond acceptors (Lipinski definition) is 5. The highest BCUT2D eigenvalue weighted by molar-refractivity contribution is 6.33. The molecule has 1 atom stereocenters. The predicted octanol–water partition coefficient (Wildman–Crippen LogP) is 4.60. The lowest BCUT2D eigenvalue weighted by molar-refractivity contribution is -0.130. The van der Waals surface area contributed by atoms with E-state index < -0.39 is 11.6 Å². The zero-order valence-electron chi connectivity index (χ0n) is 22.1. The van der Waals surface area contributed by atoms with E-state index in [1.165, 1.54) is 31.4 Å². The summed E-state index contributed by atoms with van der Waals surface area (Å²) in [5.41, 5.74) is 0.940. The van der Waals surface area contributed by atoms with Crippen LogP contribution in [0.3, 0.4) is 0 Å². The third kappa shape index (κ3) is 5.38. The van der Waals surface area contributed by atoms with Gasteiger partial charge in [0, 0.05) is 43.9 Å². The molecule has 206 valence electrons. The molecular weight excluding hydrogens is 523 g/mol. The van der Waals surface area contributed by atoms with Crippen molar-refractivity contribution in [3.05, 3.63) is 64.4 Å². The maximum atomic E-state index is 13.4. The zero-order chi connectivity index (χ0) is 27.7. The molecule has 0 bridgehead atoms. The number of ether oxygens (including phenoxy) is 1. The number of nitrogens with zero attached hydrogens (tertiary/aromatic N) is 3. The molecule has 4 amide bonds. The summed E-state index contributed by atoms with van der Waals surface area (Å²) in [6.07, 6.45) is 6.02. The Morgan fingerprint density at radius 1 is 1.18 bits per heavy atom. The lowest BCUT2D eigenvalue weighted by Gasteiger charge is -2.39. The van der Waals surface area contributed by atoms with Gasteiger partial charge >= 0.3 is 6.03 Å². The number of benzene rings is 2. The number of imide groups is 1. The van der Waals surface area contributed by atoms with Crippen LogP contribution in [0.2, 0.25) is 5.02 Å². The number of carbonyl (C=O) groups is 3. The molecule has 2 aliphatic heterocycles. The standard InChI is InChI=1S/C29H32ClFN4O4/c1-19-17-33(18-20-5-8-22(31)9-6-20)13-14-34(19)26(36)10-7-21-15-25(39-2)23(30)16-24(21)35-27(37)29(32-28(35)38)11-3-4-12-29/h5-10,15-16,19H,3-4,11-14,17-18H2,1-2H3,(H,32,38)/t19-/m1/s1. The molecule has 2 heterocycles. The van der Waals surface area contributed by atoms with Gasteiger partial charge in [0.2, 0.25) is 5.91 Å². The van der Waals surface area contributed by atoms with Gasteiger partial charge in [-0.25, -0.2) is 14.1 Å². The first-order chi connectivity index (χ1) is 18.7. The molecule has 1 saturated carbocycles. The lowest BCUT2D eigenvalue weighted by Crippen LogP contribution is -2.53. The number of rotatable bonds is 6. The number of carbonyl (C=O) groups excluding carboxylic acids is 3. The highest BCUT2D eigenvalue weighted by atomic mass is 35.5. The van der Waals surface area contributed by atoms with E-state index in [2.05, 4.69) is 10.2 Å². The summed E-state index contributed by atoms with van der Waals surface area (Å²) in [6, 6.07) is 9.10. The highest BCUT2D eigenvalue weighted by Crippen LogP contribution is 2.40. The van der Waals surface area contributed by atoms with Crippen LogP contribution in [-0.2, 0) is 16.1 Å². The third-order valence-electron chi connectivity index (χ3n) is 7.88. The monoisotopic (exact) mass is 554 g/mol. The van der Waals surface area contributed by atoms with Crippen LogP contribution in [0.5, 0.6) is 5.75 Å². The molecule has 0 aromatic heterocycles. The number of anilines is 1. The fourth-order valence-corrected chi connectivity index (χ4v) is 6.04. The zero-order valence-corrected chi connectivity index (χ0v) is 22.8. The molecule has 5 rings (SSSR count). The fourth-order valence-electron chi connectivity index (χ4n) is 5.81. The van der Waals surface area contributed by atoms with E-state index in [9.17, 15) is 18.8 Å².